The van der Waals surface area contributed by atoms with Gasteiger partial charge in [0.15, 0.2) is 11.5 Å². The van der Waals surface area contributed by atoms with Crippen molar-refractivity contribution in [2.45, 2.75) is 19.5 Å². The van der Waals surface area contributed by atoms with Crippen molar-refractivity contribution in [1.82, 2.24) is 0 Å². The lowest BCUT2D eigenvalue weighted by atomic mass is 10.0. The summed E-state index contributed by atoms with van der Waals surface area (Å²) in [6.07, 6.45) is -6.01. The zero-order valence-electron chi connectivity index (χ0n) is 9.32. The molecular formula is C11H10F3NO3. The van der Waals surface area contributed by atoms with Gasteiger partial charge in [0.05, 0.1) is 12.0 Å². The molecule has 1 aromatic rings. The molecule has 0 aliphatic heterocycles. The lowest BCUT2D eigenvalue weighted by Gasteiger charge is -2.09. The molecule has 0 unspecified atom stereocenters. The third-order valence-corrected chi connectivity index (χ3v) is 2.23. The molecule has 0 amide bonds. The van der Waals surface area contributed by atoms with Gasteiger partial charge in [0.2, 0.25) is 0 Å². The van der Waals surface area contributed by atoms with Gasteiger partial charge in [0, 0.05) is 0 Å². The highest BCUT2D eigenvalue weighted by Crippen LogP contribution is 2.24. The molecule has 1 aromatic carbocycles. The first kappa shape index (κ1) is 14.0. The predicted octanol–water partition coefficient (Wildman–Crippen LogP) is 2.67. The Bertz CT molecular complexity index is 495. The number of phenolic OH excluding ortho intramolecular Hbond substituents is 1. The maximum atomic E-state index is 12.3. The van der Waals surface area contributed by atoms with Crippen molar-refractivity contribution in [3.8, 4) is 5.75 Å². The van der Waals surface area contributed by atoms with Gasteiger partial charge in [-0.1, -0.05) is 16.8 Å². The van der Waals surface area contributed by atoms with Gasteiger partial charge < -0.3 is 10.3 Å². The van der Waals surface area contributed by atoms with Crippen LogP contribution in [0.5, 0.6) is 5.75 Å². The number of benzene rings is 1. The largest absolute Gasteiger partial charge is 0.507 e. The van der Waals surface area contributed by atoms with E-state index >= 15 is 0 Å². The second-order valence-electron chi connectivity index (χ2n) is 3.67. The van der Waals surface area contributed by atoms with E-state index in [4.69, 9.17) is 5.21 Å². The van der Waals surface area contributed by atoms with Gasteiger partial charge in [0.25, 0.3) is 0 Å². The van der Waals surface area contributed by atoms with Crippen LogP contribution in [0.25, 0.3) is 0 Å². The summed E-state index contributed by atoms with van der Waals surface area (Å²) < 4.78 is 36.8. The topological polar surface area (TPSA) is 69.9 Å². The minimum Gasteiger partial charge on any atom is -0.507 e. The lowest BCUT2D eigenvalue weighted by molar-refractivity contribution is -0.0623. The Morgan fingerprint density at radius 2 is 2.00 bits per heavy atom. The summed E-state index contributed by atoms with van der Waals surface area (Å²) in [5, 5.41) is 19.7. The number of ketones is 1. The molecule has 0 aliphatic carbocycles. The van der Waals surface area contributed by atoms with Crippen LogP contribution in [0.1, 0.15) is 22.3 Å². The summed E-state index contributed by atoms with van der Waals surface area (Å²) in [6, 6.07) is 3.99. The molecule has 0 aliphatic rings. The summed E-state index contributed by atoms with van der Waals surface area (Å²) in [7, 11) is 0. The minimum absolute atomic E-state index is 0.236. The fraction of sp³-hybridized carbons (Fsp3) is 0.273. The zero-order chi connectivity index (χ0) is 13.9. The van der Waals surface area contributed by atoms with E-state index in [1.54, 1.807) is 6.92 Å². The second-order valence-corrected chi connectivity index (χ2v) is 3.67. The van der Waals surface area contributed by atoms with Crippen LogP contribution >= 0.6 is 0 Å². The van der Waals surface area contributed by atoms with Gasteiger partial charge in [-0.05, 0) is 19.1 Å². The third-order valence-electron chi connectivity index (χ3n) is 2.23. The van der Waals surface area contributed by atoms with E-state index in [-0.39, 0.29) is 5.56 Å². The number of hydrogen-bond donors (Lipinski definition) is 2. The van der Waals surface area contributed by atoms with Crippen LogP contribution in [-0.4, -0.2) is 28.0 Å². The molecule has 0 saturated heterocycles. The fourth-order valence-electron chi connectivity index (χ4n) is 1.31. The van der Waals surface area contributed by atoms with E-state index < -0.39 is 29.8 Å². The number of carbonyl (C=O) groups is 1. The van der Waals surface area contributed by atoms with Crippen molar-refractivity contribution in [2.75, 3.05) is 0 Å². The standard InChI is InChI=1S/C11H10F3NO3/c1-6-2-3-8(16)7(4-6)9(17)5-10(15-18)11(12,13)14/h2-4,16,18H,5H2,1H3. The van der Waals surface area contributed by atoms with Crippen LogP contribution in [0.4, 0.5) is 13.2 Å². The van der Waals surface area contributed by atoms with E-state index in [2.05, 4.69) is 5.16 Å². The smallest absolute Gasteiger partial charge is 0.433 e. The minimum atomic E-state index is -4.89. The summed E-state index contributed by atoms with van der Waals surface area (Å²) in [4.78, 5) is 11.6. The van der Waals surface area contributed by atoms with Gasteiger partial charge in [-0.25, -0.2) is 0 Å². The molecule has 98 valence electrons. The van der Waals surface area contributed by atoms with Crippen LogP contribution in [-0.2, 0) is 0 Å². The number of halogens is 3. The number of aromatic hydroxyl groups is 1. The van der Waals surface area contributed by atoms with Gasteiger partial charge in [-0.2, -0.15) is 13.2 Å². The molecule has 1 rings (SSSR count). The number of nitrogens with zero attached hydrogens (tertiary/aromatic N) is 1. The van der Waals surface area contributed by atoms with Crippen molar-refractivity contribution in [3.63, 3.8) is 0 Å². The zero-order valence-corrected chi connectivity index (χ0v) is 9.32. The van der Waals surface area contributed by atoms with Crippen LogP contribution in [0.2, 0.25) is 0 Å². The van der Waals surface area contributed by atoms with Gasteiger partial charge in [-0.15, -0.1) is 0 Å². The summed E-state index contributed by atoms with van der Waals surface area (Å²) in [5.74, 6) is -1.38. The number of Topliss-reactive ketones (excluding diaryl/α,β-unsaturated/α-hetero) is 1. The van der Waals surface area contributed by atoms with Crippen molar-refractivity contribution in [1.29, 1.82) is 0 Å². The number of hydrogen-bond acceptors (Lipinski definition) is 4. The Morgan fingerprint density at radius 1 is 1.39 bits per heavy atom. The molecule has 7 heteroatoms. The number of oxime groups is 1. The number of aryl methyl sites for hydroxylation is 1. The lowest BCUT2D eigenvalue weighted by Crippen LogP contribution is -2.25. The van der Waals surface area contributed by atoms with E-state index in [1.807, 2.05) is 0 Å². The first-order chi connectivity index (χ1) is 8.25. The quantitative estimate of drug-likeness (QED) is 0.380. The molecule has 0 radical (unpaired) electrons. The van der Waals surface area contributed by atoms with Gasteiger partial charge in [-0.3, -0.25) is 4.79 Å². The number of alkyl halides is 3. The highest BCUT2D eigenvalue weighted by molar-refractivity contribution is 6.12. The first-order valence-electron chi connectivity index (χ1n) is 4.86. The second kappa shape index (κ2) is 5.07. The molecule has 2 N–H and O–H groups in total. The molecule has 0 aromatic heterocycles. The van der Waals surface area contributed by atoms with Gasteiger partial charge in [0.1, 0.15) is 5.75 Å². The van der Waals surface area contributed by atoms with Crippen molar-refractivity contribution in [3.05, 3.63) is 29.3 Å². The van der Waals surface area contributed by atoms with Crippen LogP contribution < -0.4 is 0 Å². The average molecular weight is 261 g/mol. The summed E-state index contributed by atoms with van der Waals surface area (Å²) in [5.41, 5.74) is -1.22. The van der Waals surface area contributed by atoms with Crippen molar-refractivity contribution < 1.29 is 28.3 Å². The SMILES string of the molecule is Cc1ccc(O)c(C(=O)CC(=NO)C(F)(F)F)c1. The molecule has 0 spiro atoms. The normalized spacial score (nSPS) is 12.6. The Morgan fingerprint density at radius 3 is 2.50 bits per heavy atom. The Balaban J connectivity index is 2.99. The molecule has 0 saturated carbocycles. The number of phenols is 1. The van der Waals surface area contributed by atoms with Crippen LogP contribution in [0, 0.1) is 6.92 Å². The Hall–Kier alpha value is -2.05. The number of carbonyl (C=O) groups excluding carboxylic acids is 1. The van der Waals surface area contributed by atoms with E-state index in [1.165, 1.54) is 18.2 Å². The van der Waals surface area contributed by atoms with E-state index in [0.29, 0.717) is 5.56 Å². The van der Waals surface area contributed by atoms with E-state index in [0.717, 1.165) is 0 Å². The molecule has 4 nitrogen and oxygen atoms in total. The summed E-state index contributed by atoms with van der Waals surface area (Å²) >= 11 is 0. The summed E-state index contributed by atoms with van der Waals surface area (Å²) in [6.45, 7) is 1.63. The predicted molar refractivity (Wildman–Crippen MR) is 57.1 cm³/mol. The maximum absolute atomic E-state index is 12.3. The first-order valence-corrected chi connectivity index (χ1v) is 4.86. The monoisotopic (exact) mass is 261 g/mol. The van der Waals surface area contributed by atoms with Crippen LogP contribution in [0.15, 0.2) is 23.4 Å². The average Bonchev–Trinajstić information content (AvgIpc) is 2.27. The third kappa shape index (κ3) is 3.22. The molecule has 0 atom stereocenters. The highest BCUT2D eigenvalue weighted by Gasteiger charge is 2.38. The van der Waals surface area contributed by atoms with E-state index in [9.17, 15) is 23.1 Å². The number of rotatable bonds is 3. The highest BCUT2D eigenvalue weighted by atomic mass is 19.4. The molecule has 0 fully saturated rings. The molecule has 0 heterocycles. The molecule has 0 bridgehead atoms. The fourth-order valence-corrected chi connectivity index (χ4v) is 1.31. The Labute approximate surface area is 100 Å². The Kier molecular flexibility index (Phi) is 3.95. The van der Waals surface area contributed by atoms with Crippen molar-refractivity contribution in [2.24, 2.45) is 5.16 Å². The molecule has 18 heavy (non-hydrogen) atoms. The van der Waals surface area contributed by atoms with Crippen molar-refractivity contribution >= 4 is 11.5 Å². The molecular weight excluding hydrogens is 251 g/mol. The van der Waals surface area contributed by atoms with Gasteiger partial charge >= 0.3 is 6.18 Å². The van der Waals surface area contributed by atoms with Crippen LogP contribution in [0.3, 0.4) is 0 Å². The maximum Gasteiger partial charge on any atom is 0.433 e.